The first kappa shape index (κ1) is 17.4. The van der Waals surface area contributed by atoms with E-state index in [1.54, 1.807) is 4.90 Å². The molecule has 0 aliphatic heterocycles. The first-order valence-electron chi connectivity index (χ1n) is 7.81. The van der Waals surface area contributed by atoms with Crippen LogP contribution >= 0.6 is 0 Å². The number of carbonyl (C=O) groups excluding carboxylic acids is 1. The molecule has 5 nitrogen and oxygen atoms in total. The lowest BCUT2D eigenvalue weighted by molar-refractivity contribution is 0.0754. The molecule has 0 fully saturated rings. The van der Waals surface area contributed by atoms with Crippen LogP contribution in [0.5, 0.6) is 0 Å². The highest BCUT2D eigenvalue weighted by molar-refractivity contribution is 5.95. The first-order chi connectivity index (χ1) is 10.2. The molecule has 0 saturated carbocycles. The largest absolute Gasteiger partial charge is 0.396 e. The predicted octanol–water partition coefficient (Wildman–Crippen LogP) is 2.31. The van der Waals surface area contributed by atoms with Crippen LogP contribution in [0.2, 0.25) is 0 Å². The van der Waals surface area contributed by atoms with Gasteiger partial charge in [0.15, 0.2) is 0 Å². The van der Waals surface area contributed by atoms with Gasteiger partial charge in [0.1, 0.15) is 5.82 Å². The molecule has 1 rings (SSSR count). The Bertz CT molecular complexity index is 425. The number of amides is 1. The fraction of sp³-hybridized carbons (Fsp3) is 0.625. The number of hydrogen-bond donors (Lipinski definition) is 2. The molecule has 1 heterocycles. The van der Waals surface area contributed by atoms with Gasteiger partial charge in [-0.05, 0) is 38.8 Å². The number of nitrogens with zero attached hydrogens (tertiary/aromatic N) is 2. The Labute approximate surface area is 127 Å². The lowest BCUT2D eigenvalue weighted by Gasteiger charge is -2.21. The minimum atomic E-state index is 0.00450. The van der Waals surface area contributed by atoms with Crippen molar-refractivity contribution in [2.75, 3.05) is 31.6 Å². The van der Waals surface area contributed by atoms with E-state index in [0.29, 0.717) is 25.1 Å². The highest BCUT2D eigenvalue weighted by Crippen LogP contribution is 2.14. The molecule has 0 spiro atoms. The van der Waals surface area contributed by atoms with Gasteiger partial charge < -0.3 is 15.3 Å². The number of aliphatic hydroxyl groups excluding tert-OH is 1. The molecule has 0 bridgehead atoms. The highest BCUT2D eigenvalue weighted by atomic mass is 16.3. The zero-order chi connectivity index (χ0) is 15.7. The van der Waals surface area contributed by atoms with Gasteiger partial charge in [-0.25, -0.2) is 4.98 Å². The van der Waals surface area contributed by atoms with E-state index in [1.165, 1.54) is 0 Å². The van der Waals surface area contributed by atoms with Crippen LogP contribution in [0, 0.1) is 0 Å². The lowest BCUT2D eigenvalue weighted by Crippen LogP contribution is -2.32. The minimum Gasteiger partial charge on any atom is -0.396 e. The fourth-order valence-corrected chi connectivity index (χ4v) is 2.21. The van der Waals surface area contributed by atoms with Gasteiger partial charge in [-0.15, -0.1) is 0 Å². The zero-order valence-electron chi connectivity index (χ0n) is 13.4. The van der Waals surface area contributed by atoms with Gasteiger partial charge in [0, 0.05) is 37.5 Å². The molecule has 0 aliphatic carbocycles. The minimum absolute atomic E-state index is 0.00450. The summed E-state index contributed by atoms with van der Waals surface area (Å²) in [6, 6.07) is 3.70. The average molecular weight is 293 g/mol. The summed E-state index contributed by atoms with van der Waals surface area (Å²) in [5.74, 6) is 0.759. The van der Waals surface area contributed by atoms with Gasteiger partial charge in [-0.2, -0.15) is 0 Å². The Morgan fingerprint density at radius 1 is 1.33 bits per heavy atom. The van der Waals surface area contributed by atoms with E-state index in [1.807, 2.05) is 26.0 Å². The molecule has 0 radical (unpaired) electrons. The molecular weight excluding hydrogens is 266 g/mol. The summed E-state index contributed by atoms with van der Waals surface area (Å²) in [6.07, 6.45) is 2.47. The Hall–Kier alpha value is -1.62. The van der Waals surface area contributed by atoms with Crippen LogP contribution in [0.25, 0.3) is 0 Å². The van der Waals surface area contributed by atoms with Crippen LogP contribution in [0.15, 0.2) is 12.1 Å². The van der Waals surface area contributed by atoms with Gasteiger partial charge in [-0.3, -0.25) is 4.79 Å². The normalized spacial score (nSPS) is 10.5. The van der Waals surface area contributed by atoms with Crippen molar-refractivity contribution in [3.8, 4) is 0 Å². The molecule has 1 amide bonds. The van der Waals surface area contributed by atoms with Gasteiger partial charge in [0.05, 0.1) is 0 Å². The second kappa shape index (κ2) is 9.34. The smallest absolute Gasteiger partial charge is 0.254 e. The number of aromatic nitrogens is 1. The summed E-state index contributed by atoms with van der Waals surface area (Å²) in [5, 5.41) is 12.1. The molecule has 1 aromatic heterocycles. The maximum atomic E-state index is 12.6. The van der Waals surface area contributed by atoms with Crippen molar-refractivity contribution in [2.45, 2.75) is 40.0 Å². The number of hydrogen-bond acceptors (Lipinski definition) is 4. The average Bonchev–Trinajstić information content (AvgIpc) is 2.48. The Morgan fingerprint density at radius 3 is 2.67 bits per heavy atom. The van der Waals surface area contributed by atoms with Crippen molar-refractivity contribution in [3.63, 3.8) is 0 Å². The molecule has 118 valence electrons. The second-order valence-corrected chi connectivity index (χ2v) is 4.97. The standard InChI is InChI=1S/C16H27N3O2/c1-4-8-14-11-13(12-15(18-14)17-5-2)16(21)19(6-3)9-7-10-20/h11-12,20H,4-10H2,1-3H3,(H,17,18). The molecule has 0 saturated heterocycles. The maximum absolute atomic E-state index is 12.6. The van der Waals surface area contributed by atoms with Gasteiger partial charge in [0.2, 0.25) is 0 Å². The van der Waals surface area contributed by atoms with Gasteiger partial charge >= 0.3 is 0 Å². The van der Waals surface area contributed by atoms with Crippen molar-refractivity contribution < 1.29 is 9.90 Å². The third-order valence-corrected chi connectivity index (χ3v) is 3.24. The van der Waals surface area contributed by atoms with E-state index in [9.17, 15) is 4.79 Å². The summed E-state index contributed by atoms with van der Waals surface area (Å²) < 4.78 is 0. The van der Waals surface area contributed by atoms with Crippen LogP contribution < -0.4 is 5.32 Å². The van der Waals surface area contributed by atoms with Crippen molar-refractivity contribution >= 4 is 11.7 Å². The summed E-state index contributed by atoms with van der Waals surface area (Å²) in [7, 11) is 0. The molecule has 0 aliphatic rings. The van der Waals surface area contributed by atoms with Gasteiger partial charge in [0.25, 0.3) is 5.91 Å². The Morgan fingerprint density at radius 2 is 2.10 bits per heavy atom. The molecule has 2 N–H and O–H groups in total. The van der Waals surface area contributed by atoms with Crippen molar-refractivity contribution in [1.82, 2.24) is 9.88 Å². The number of aliphatic hydroxyl groups is 1. The van der Waals surface area contributed by atoms with Crippen molar-refractivity contribution in [2.24, 2.45) is 0 Å². The zero-order valence-corrected chi connectivity index (χ0v) is 13.4. The molecule has 0 atom stereocenters. The third-order valence-electron chi connectivity index (χ3n) is 3.24. The monoisotopic (exact) mass is 293 g/mol. The number of carbonyl (C=O) groups is 1. The summed E-state index contributed by atoms with van der Waals surface area (Å²) in [6.45, 7) is 8.16. The van der Waals surface area contributed by atoms with Crippen LogP contribution in [-0.2, 0) is 6.42 Å². The SMILES string of the molecule is CCCc1cc(C(=O)N(CC)CCCO)cc(NCC)n1. The van der Waals surface area contributed by atoms with Crippen molar-refractivity contribution in [3.05, 3.63) is 23.4 Å². The molecular formula is C16H27N3O2. The molecule has 5 heteroatoms. The fourth-order valence-electron chi connectivity index (χ4n) is 2.21. The number of rotatable bonds is 9. The molecule has 0 unspecified atom stereocenters. The Balaban J connectivity index is 2.99. The van der Waals surface area contributed by atoms with E-state index >= 15 is 0 Å². The molecule has 1 aromatic rings. The van der Waals surface area contributed by atoms with Gasteiger partial charge in [-0.1, -0.05) is 13.3 Å². The van der Waals surface area contributed by atoms with Crippen LogP contribution in [0.1, 0.15) is 49.7 Å². The van der Waals surface area contributed by atoms with Crippen molar-refractivity contribution in [1.29, 1.82) is 0 Å². The summed E-state index contributed by atoms with van der Waals surface area (Å²) in [5.41, 5.74) is 1.61. The highest BCUT2D eigenvalue weighted by Gasteiger charge is 2.15. The topological polar surface area (TPSA) is 65.5 Å². The van der Waals surface area contributed by atoms with E-state index in [0.717, 1.165) is 30.9 Å². The number of nitrogens with one attached hydrogen (secondary N) is 1. The van der Waals surface area contributed by atoms with E-state index in [4.69, 9.17) is 5.11 Å². The van der Waals surface area contributed by atoms with E-state index in [-0.39, 0.29) is 12.5 Å². The molecule has 0 aromatic carbocycles. The second-order valence-electron chi connectivity index (χ2n) is 4.97. The summed E-state index contributed by atoms with van der Waals surface area (Å²) >= 11 is 0. The van der Waals surface area contributed by atoms with Crippen LogP contribution in [-0.4, -0.2) is 47.1 Å². The van der Waals surface area contributed by atoms with E-state index < -0.39 is 0 Å². The Kier molecular flexibility index (Phi) is 7.75. The van der Waals surface area contributed by atoms with E-state index in [2.05, 4.69) is 17.2 Å². The number of aryl methyl sites for hydroxylation is 1. The summed E-state index contributed by atoms with van der Waals surface area (Å²) in [4.78, 5) is 18.9. The number of pyridine rings is 1. The quantitative estimate of drug-likeness (QED) is 0.733. The maximum Gasteiger partial charge on any atom is 0.254 e. The predicted molar refractivity (Wildman–Crippen MR) is 85.7 cm³/mol. The lowest BCUT2D eigenvalue weighted by atomic mass is 10.1. The molecule has 21 heavy (non-hydrogen) atoms. The third kappa shape index (κ3) is 5.34. The van der Waals surface area contributed by atoms with Crippen LogP contribution in [0.4, 0.5) is 5.82 Å². The first-order valence-corrected chi connectivity index (χ1v) is 7.81. The number of anilines is 1. The van der Waals surface area contributed by atoms with Crippen LogP contribution in [0.3, 0.4) is 0 Å².